The molecule has 2 amide bonds. The SMILES string of the molecule is CCC1C(=O)NC(=O)CN1Cc1ccc(Cl)cc1N. The Kier molecular flexibility index (Phi) is 4.07. The molecule has 0 spiro atoms. The Morgan fingerprint density at radius 3 is 2.84 bits per heavy atom. The maximum atomic E-state index is 11.7. The fourth-order valence-electron chi connectivity index (χ4n) is 2.26. The highest BCUT2D eigenvalue weighted by Crippen LogP contribution is 2.21. The molecule has 6 heteroatoms. The van der Waals surface area contributed by atoms with E-state index in [1.165, 1.54) is 0 Å². The van der Waals surface area contributed by atoms with Crippen LogP contribution in [0.1, 0.15) is 18.9 Å². The van der Waals surface area contributed by atoms with Crippen molar-refractivity contribution in [1.82, 2.24) is 10.2 Å². The number of hydrogen-bond donors (Lipinski definition) is 2. The maximum Gasteiger partial charge on any atom is 0.243 e. The minimum absolute atomic E-state index is 0.201. The molecule has 0 bridgehead atoms. The molecule has 102 valence electrons. The Morgan fingerprint density at radius 1 is 1.47 bits per heavy atom. The quantitative estimate of drug-likeness (QED) is 0.644. The van der Waals surface area contributed by atoms with Crippen LogP contribution < -0.4 is 11.1 Å². The van der Waals surface area contributed by atoms with E-state index in [1.807, 2.05) is 17.9 Å². The molecule has 1 aromatic rings. The van der Waals surface area contributed by atoms with Gasteiger partial charge in [0.1, 0.15) is 0 Å². The Morgan fingerprint density at radius 2 is 2.21 bits per heavy atom. The van der Waals surface area contributed by atoms with Crippen molar-refractivity contribution >= 4 is 29.1 Å². The molecule has 1 unspecified atom stereocenters. The first-order valence-corrected chi connectivity index (χ1v) is 6.50. The van der Waals surface area contributed by atoms with Gasteiger partial charge in [-0.15, -0.1) is 0 Å². The first-order chi connectivity index (χ1) is 9.01. The number of anilines is 1. The second-order valence-electron chi connectivity index (χ2n) is 4.58. The summed E-state index contributed by atoms with van der Waals surface area (Å²) in [5.41, 5.74) is 7.33. The van der Waals surface area contributed by atoms with Crippen LogP contribution in [0.5, 0.6) is 0 Å². The van der Waals surface area contributed by atoms with Gasteiger partial charge in [0, 0.05) is 17.3 Å². The van der Waals surface area contributed by atoms with Crippen molar-refractivity contribution in [3.8, 4) is 0 Å². The zero-order valence-electron chi connectivity index (χ0n) is 10.6. The van der Waals surface area contributed by atoms with Crippen molar-refractivity contribution < 1.29 is 9.59 Å². The van der Waals surface area contributed by atoms with Crippen molar-refractivity contribution in [3.63, 3.8) is 0 Å². The molecule has 0 aromatic heterocycles. The van der Waals surface area contributed by atoms with Gasteiger partial charge in [0.15, 0.2) is 0 Å². The highest BCUT2D eigenvalue weighted by Gasteiger charge is 2.32. The average molecular weight is 282 g/mol. The van der Waals surface area contributed by atoms with Crippen molar-refractivity contribution in [2.75, 3.05) is 12.3 Å². The second-order valence-corrected chi connectivity index (χ2v) is 5.02. The fraction of sp³-hybridized carbons (Fsp3) is 0.385. The number of carbonyl (C=O) groups is 2. The van der Waals surface area contributed by atoms with E-state index in [1.54, 1.807) is 12.1 Å². The highest BCUT2D eigenvalue weighted by molar-refractivity contribution is 6.30. The van der Waals surface area contributed by atoms with Gasteiger partial charge in [0.25, 0.3) is 0 Å². The van der Waals surface area contributed by atoms with Crippen LogP contribution in [0, 0.1) is 0 Å². The number of rotatable bonds is 3. The zero-order chi connectivity index (χ0) is 14.0. The molecule has 19 heavy (non-hydrogen) atoms. The number of nitrogens with zero attached hydrogens (tertiary/aromatic N) is 1. The molecule has 1 atom stereocenters. The third-order valence-corrected chi connectivity index (χ3v) is 3.46. The predicted octanol–water partition coefficient (Wildman–Crippen LogP) is 1.16. The number of halogens is 1. The van der Waals surface area contributed by atoms with Crippen LogP contribution in [0.15, 0.2) is 18.2 Å². The molecule has 1 aliphatic heterocycles. The Labute approximate surface area is 116 Å². The number of hydrogen-bond acceptors (Lipinski definition) is 4. The number of nitrogen functional groups attached to an aromatic ring is 1. The summed E-state index contributed by atoms with van der Waals surface area (Å²) >= 11 is 5.85. The van der Waals surface area contributed by atoms with Crippen LogP contribution in [-0.2, 0) is 16.1 Å². The van der Waals surface area contributed by atoms with Crippen molar-refractivity contribution in [2.45, 2.75) is 25.9 Å². The summed E-state index contributed by atoms with van der Waals surface area (Å²) in [4.78, 5) is 25.0. The van der Waals surface area contributed by atoms with Crippen molar-refractivity contribution in [1.29, 1.82) is 0 Å². The largest absolute Gasteiger partial charge is 0.398 e. The van der Waals surface area contributed by atoms with E-state index in [-0.39, 0.29) is 24.4 Å². The lowest BCUT2D eigenvalue weighted by molar-refractivity contribution is -0.140. The zero-order valence-corrected chi connectivity index (χ0v) is 11.4. The minimum Gasteiger partial charge on any atom is -0.398 e. The molecule has 0 saturated carbocycles. The summed E-state index contributed by atoms with van der Waals surface area (Å²) in [5.74, 6) is -0.520. The van der Waals surface area contributed by atoms with Gasteiger partial charge in [-0.05, 0) is 24.1 Å². The number of nitrogens with one attached hydrogen (secondary N) is 1. The fourth-order valence-corrected chi connectivity index (χ4v) is 2.44. The van der Waals surface area contributed by atoms with Gasteiger partial charge in [-0.1, -0.05) is 24.6 Å². The summed E-state index contributed by atoms with van der Waals surface area (Å²) in [7, 11) is 0. The van der Waals surface area contributed by atoms with E-state index < -0.39 is 0 Å². The smallest absolute Gasteiger partial charge is 0.243 e. The van der Waals surface area contributed by atoms with Crippen LogP contribution in [-0.4, -0.2) is 29.3 Å². The molecule has 1 heterocycles. The molecule has 0 radical (unpaired) electrons. The van der Waals surface area contributed by atoms with Crippen molar-refractivity contribution in [2.24, 2.45) is 0 Å². The van der Waals surface area contributed by atoms with Crippen LogP contribution in [0.4, 0.5) is 5.69 Å². The number of nitrogens with two attached hydrogens (primary N) is 1. The lowest BCUT2D eigenvalue weighted by Crippen LogP contribution is -2.57. The molecule has 1 fully saturated rings. The predicted molar refractivity (Wildman–Crippen MR) is 73.5 cm³/mol. The Balaban J connectivity index is 2.20. The van der Waals surface area contributed by atoms with Gasteiger partial charge in [-0.3, -0.25) is 19.8 Å². The number of imide groups is 1. The van der Waals surface area contributed by atoms with E-state index in [9.17, 15) is 9.59 Å². The highest BCUT2D eigenvalue weighted by atomic mass is 35.5. The molecule has 1 aromatic carbocycles. The minimum atomic E-state index is -0.298. The van der Waals surface area contributed by atoms with Gasteiger partial charge >= 0.3 is 0 Å². The number of amides is 2. The van der Waals surface area contributed by atoms with E-state index in [0.29, 0.717) is 23.7 Å². The molecule has 1 saturated heterocycles. The Bertz CT molecular complexity index is 519. The molecule has 1 aliphatic rings. The van der Waals surface area contributed by atoms with E-state index in [2.05, 4.69) is 5.32 Å². The third kappa shape index (κ3) is 3.05. The molecular formula is C13H16ClN3O2. The van der Waals surface area contributed by atoms with E-state index >= 15 is 0 Å². The summed E-state index contributed by atoms with van der Waals surface area (Å²) in [6.45, 7) is 2.57. The normalized spacial score (nSPS) is 20.4. The van der Waals surface area contributed by atoms with Crippen LogP contribution >= 0.6 is 11.6 Å². The van der Waals surface area contributed by atoms with Crippen LogP contribution in [0.2, 0.25) is 5.02 Å². The lowest BCUT2D eigenvalue weighted by atomic mass is 10.1. The van der Waals surface area contributed by atoms with Gasteiger partial charge in [0.05, 0.1) is 12.6 Å². The third-order valence-electron chi connectivity index (χ3n) is 3.22. The summed E-state index contributed by atoms with van der Waals surface area (Å²) in [6, 6.07) is 4.94. The lowest BCUT2D eigenvalue weighted by Gasteiger charge is -2.33. The van der Waals surface area contributed by atoms with Gasteiger partial charge in [0.2, 0.25) is 11.8 Å². The summed E-state index contributed by atoms with van der Waals surface area (Å²) < 4.78 is 0. The average Bonchev–Trinajstić information content (AvgIpc) is 2.32. The molecule has 5 nitrogen and oxygen atoms in total. The summed E-state index contributed by atoms with van der Waals surface area (Å²) in [6.07, 6.45) is 0.645. The van der Waals surface area contributed by atoms with Gasteiger partial charge in [-0.25, -0.2) is 0 Å². The van der Waals surface area contributed by atoms with E-state index in [0.717, 1.165) is 5.56 Å². The second kappa shape index (κ2) is 5.59. The number of piperazine rings is 1. The maximum absolute atomic E-state index is 11.7. The van der Waals surface area contributed by atoms with Crippen molar-refractivity contribution in [3.05, 3.63) is 28.8 Å². The number of carbonyl (C=O) groups excluding carboxylic acids is 2. The van der Waals surface area contributed by atoms with Gasteiger partial charge < -0.3 is 5.73 Å². The van der Waals surface area contributed by atoms with Gasteiger partial charge in [-0.2, -0.15) is 0 Å². The van der Waals surface area contributed by atoms with Crippen LogP contribution in [0.3, 0.4) is 0 Å². The molecule has 3 N–H and O–H groups in total. The molecular weight excluding hydrogens is 266 g/mol. The monoisotopic (exact) mass is 281 g/mol. The Hall–Kier alpha value is -1.59. The topological polar surface area (TPSA) is 75.4 Å². The summed E-state index contributed by atoms with van der Waals surface area (Å²) in [5, 5.41) is 2.92. The van der Waals surface area contributed by atoms with Crippen LogP contribution in [0.25, 0.3) is 0 Å². The first kappa shape index (κ1) is 13.8. The number of benzene rings is 1. The molecule has 2 rings (SSSR count). The standard InChI is InChI=1S/C13H16ClN3O2/c1-2-11-13(19)16-12(18)7-17(11)6-8-3-4-9(14)5-10(8)15/h3-5,11H,2,6-7,15H2,1H3,(H,16,18,19). The van der Waals surface area contributed by atoms with E-state index in [4.69, 9.17) is 17.3 Å². The molecule has 0 aliphatic carbocycles. The first-order valence-electron chi connectivity index (χ1n) is 6.13.